The number of hydrogen-bond acceptors (Lipinski definition) is 6. The third-order valence-corrected chi connectivity index (χ3v) is 9.24. The van der Waals surface area contributed by atoms with Crippen LogP contribution in [0.25, 0.3) is 0 Å². The molecule has 0 aliphatic rings. The van der Waals surface area contributed by atoms with Crippen LogP contribution in [0.3, 0.4) is 0 Å². The van der Waals surface area contributed by atoms with Crippen LogP contribution in [0.2, 0.25) is 0 Å². The lowest BCUT2D eigenvalue weighted by Crippen LogP contribution is -1.82. The molecule has 6 heteroatoms. The van der Waals surface area contributed by atoms with Crippen LogP contribution >= 0.6 is 47.0 Å². The molecule has 178 valence electrons. The summed E-state index contributed by atoms with van der Waals surface area (Å²) in [6.07, 6.45) is 0. The Morgan fingerprint density at radius 3 is 0.556 bits per heavy atom. The molecule has 0 fully saturated rings. The van der Waals surface area contributed by atoms with Crippen molar-refractivity contribution >= 4 is 58.4 Å². The average Bonchev–Trinajstić information content (AvgIpc) is 2.90. The average molecular weight is 541 g/mol. The summed E-state index contributed by atoms with van der Waals surface area (Å²) in [6, 6.07) is 42.1. The van der Waals surface area contributed by atoms with Crippen molar-refractivity contribution in [3.63, 3.8) is 0 Å². The van der Waals surface area contributed by atoms with Gasteiger partial charge in [0.05, 0.1) is 0 Å². The molecule has 0 spiro atoms. The van der Waals surface area contributed by atoms with Gasteiger partial charge in [0.15, 0.2) is 0 Å². The van der Waals surface area contributed by atoms with Crippen molar-refractivity contribution in [2.24, 2.45) is 0 Å². The molecule has 36 heavy (non-hydrogen) atoms. The molecule has 5 aromatic carbocycles. The highest BCUT2D eigenvalue weighted by Gasteiger charge is 2.04. The monoisotopic (exact) mass is 540 g/mol. The molecule has 0 bridgehead atoms. The van der Waals surface area contributed by atoms with Crippen LogP contribution in [-0.2, 0) is 0 Å². The van der Waals surface area contributed by atoms with Crippen LogP contribution in [0.4, 0.5) is 11.4 Å². The van der Waals surface area contributed by atoms with Gasteiger partial charge in [-0.15, -0.1) is 0 Å². The molecule has 5 aromatic rings. The molecule has 4 N–H and O–H groups in total. The van der Waals surface area contributed by atoms with Gasteiger partial charge in [-0.05, 0) is 121 Å². The Morgan fingerprint density at radius 2 is 0.389 bits per heavy atom. The maximum atomic E-state index is 5.78. The first-order valence-corrected chi connectivity index (χ1v) is 14.6. The van der Waals surface area contributed by atoms with Gasteiger partial charge in [-0.3, -0.25) is 0 Å². The summed E-state index contributed by atoms with van der Waals surface area (Å²) >= 11 is 7.04. The lowest BCUT2D eigenvalue weighted by molar-refractivity contribution is 1.30. The summed E-state index contributed by atoms with van der Waals surface area (Å²) in [6.45, 7) is 0. The van der Waals surface area contributed by atoms with Gasteiger partial charge in [-0.25, -0.2) is 0 Å². The molecule has 0 saturated carbocycles. The first-order valence-electron chi connectivity index (χ1n) is 11.3. The molecule has 0 atom stereocenters. The molecular formula is C30H24N2S4. The number of nitrogens with two attached hydrogens (primary N) is 2. The van der Waals surface area contributed by atoms with E-state index >= 15 is 0 Å². The molecule has 0 amide bonds. The molecule has 0 aromatic heterocycles. The topological polar surface area (TPSA) is 52.0 Å². The van der Waals surface area contributed by atoms with E-state index in [0.717, 1.165) is 11.4 Å². The number of hydrogen-bond donors (Lipinski definition) is 2. The number of benzene rings is 5. The highest BCUT2D eigenvalue weighted by molar-refractivity contribution is 8.00. The highest BCUT2D eigenvalue weighted by atomic mass is 32.2. The summed E-state index contributed by atoms with van der Waals surface area (Å²) in [7, 11) is 0. The zero-order valence-corrected chi connectivity index (χ0v) is 22.6. The minimum atomic E-state index is 0.790. The SMILES string of the molecule is Nc1ccc(Sc2ccc(Sc3ccc(Sc4ccc(Sc5ccc(N)cc5)cc4)cc3)cc2)cc1. The van der Waals surface area contributed by atoms with E-state index in [1.165, 1.54) is 39.2 Å². The lowest BCUT2D eigenvalue weighted by Gasteiger charge is -2.07. The second-order valence-electron chi connectivity index (χ2n) is 7.96. The van der Waals surface area contributed by atoms with E-state index in [1.807, 2.05) is 24.3 Å². The fourth-order valence-corrected chi connectivity index (χ4v) is 6.61. The zero-order valence-electron chi connectivity index (χ0n) is 19.3. The Labute approximate surface area is 229 Å². The molecule has 0 radical (unpaired) electrons. The van der Waals surface area contributed by atoms with E-state index < -0.39 is 0 Å². The summed E-state index contributed by atoms with van der Waals surface area (Å²) in [5.74, 6) is 0. The van der Waals surface area contributed by atoms with E-state index in [2.05, 4.69) is 97.1 Å². The molecule has 0 unspecified atom stereocenters. The third kappa shape index (κ3) is 7.08. The Balaban J connectivity index is 1.14. The van der Waals surface area contributed by atoms with E-state index in [4.69, 9.17) is 11.5 Å². The van der Waals surface area contributed by atoms with Crippen molar-refractivity contribution in [2.75, 3.05) is 11.5 Å². The summed E-state index contributed by atoms with van der Waals surface area (Å²) in [4.78, 5) is 9.72. The lowest BCUT2D eigenvalue weighted by atomic mass is 10.3. The summed E-state index contributed by atoms with van der Waals surface area (Å²) in [5.41, 5.74) is 13.1. The van der Waals surface area contributed by atoms with E-state index in [-0.39, 0.29) is 0 Å². The van der Waals surface area contributed by atoms with Gasteiger partial charge in [-0.1, -0.05) is 47.0 Å². The van der Waals surface area contributed by atoms with Gasteiger partial charge in [0.25, 0.3) is 0 Å². The van der Waals surface area contributed by atoms with Crippen molar-refractivity contribution in [1.29, 1.82) is 0 Å². The van der Waals surface area contributed by atoms with Crippen molar-refractivity contribution in [3.8, 4) is 0 Å². The van der Waals surface area contributed by atoms with Gasteiger partial charge in [-0.2, -0.15) is 0 Å². The second kappa shape index (κ2) is 11.9. The molecule has 0 heterocycles. The Kier molecular flexibility index (Phi) is 8.18. The van der Waals surface area contributed by atoms with E-state index in [0.29, 0.717) is 0 Å². The fourth-order valence-electron chi connectivity index (χ4n) is 3.34. The predicted molar refractivity (Wildman–Crippen MR) is 158 cm³/mol. The van der Waals surface area contributed by atoms with Crippen molar-refractivity contribution in [2.45, 2.75) is 39.2 Å². The number of rotatable bonds is 8. The zero-order chi connectivity index (χ0) is 24.7. The summed E-state index contributed by atoms with van der Waals surface area (Å²) in [5, 5.41) is 0. The third-order valence-electron chi connectivity index (χ3n) is 5.17. The van der Waals surface area contributed by atoms with Crippen LogP contribution in [0.15, 0.2) is 160 Å². The van der Waals surface area contributed by atoms with Gasteiger partial charge in [0, 0.05) is 50.5 Å². The van der Waals surface area contributed by atoms with E-state index in [1.54, 1.807) is 47.0 Å². The molecule has 2 nitrogen and oxygen atoms in total. The standard InChI is InChI=1S/C30H24N2S4/c31-21-1-5-23(6-2-21)33-25-9-13-27(14-10-25)35-29-17-19-30(20-18-29)36-28-15-11-26(12-16-28)34-24-7-3-22(32)4-8-24/h1-20H,31-32H2. The molecular weight excluding hydrogens is 517 g/mol. The second-order valence-corrected chi connectivity index (χ2v) is 12.5. The van der Waals surface area contributed by atoms with E-state index in [9.17, 15) is 0 Å². The van der Waals surface area contributed by atoms with Crippen LogP contribution < -0.4 is 11.5 Å². The molecule has 0 saturated heterocycles. The van der Waals surface area contributed by atoms with Crippen LogP contribution in [0, 0.1) is 0 Å². The van der Waals surface area contributed by atoms with Gasteiger partial charge in [0.2, 0.25) is 0 Å². The number of anilines is 2. The minimum absolute atomic E-state index is 0.790. The Hall–Kier alpha value is -2.90. The number of nitrogen functional groups attached to an aromatic ring is 2. The quantitative estimate of drug-likeness (QED) is 0.191. The van der Waals surface area contributed by atoms with Crippen LogP contribution in [0.5, 0.6) is 0 Å². The maximum absolute atomic E-state index is 5.78. The van der Waals surface area contributed by atoms with Gasteiger partial charge < -0.3 is 11.5 Å². The molecule has 0 aliphatic carbocycles. The van der Waals surface area contributed by atoms with Crippen molar-refractivity contribution in [1.82, 2.24) is 0 Å². The normalized spacial score (nSPS) is 10.9. The first kappa shape index (κ1) is 24.8. The van der Waals surface area contributed by atoms with Crippen LogP contribution in [0.1, 0.15) is 0 Å². The van der Waals surface area contributed by atoms with Crippen LogP contribution in [-0.4, -0.2) is 0 Å². The largest absolute Gasteiger partial charge is 0.399 e. The van der Waals surface area contributed by atoms with Crippen molar-refractivity contribution in [3.05, 3.63) is 121 Å². The van der Waals surface area contributed by atoms with Gasteiger partial charge >= 0.3 is 0 Å². The maximum Gasteiger partial charge on any atom is 0.0314 e. The first-order chi connectivity index (χ1) is 17.6. The van der Waals surface area contributed by atoms with Gasteiger partial charge in [0.1, 0.15) is 0 Å². The molecule has 0 aliphatic heterocycles. The smallest absolute Gasteiger partial charge is 0.0314 e. The van der Waals surface area contributed by atoms with Crippen molar-refractivity contribution < 1.29 is 0 Å². The summed E-state index contributed by atoms with van der Waals surface area (Å²) < 4.78 is 0. The Morgan fingerprint density at radius 1 is 0.250 bits per heavy atom. The highest BCUT2D eigenvalue weighted by Crippen LogP contribution is 2.35. The Bertz CT molecular complexity index is 1290. The predicted octanol–water partition coefficient (Wildman–Crippen LogP) is 9.46. The fraction of sp³-hybridized carbons (Fsp3) is 0. The molecule has 5 rings (SSSR count). The minimum Gasteiger partial charge on any atom is -0.399 e.